The van der Waals surface area contributed by atoms with Crippen molar-refractivity contribution in [2.75, 3.05) is 6.61 Å². The van der Waals surface area contributed by atoms with Crippen LogP contribution in [0.2, 0.25) is 0 Å². The first-order valence-corrected chi connectivity index (χ1v) is 4.34. The Kier molecular flexibility index (Phi) is 3.79. The van der Waals surface area contributed by atoms with Crippen molar-refractivity contribution < 1.29 is 19.4 Å². The van der Waals surface area contributed by atoms with E-state index >= 15 is 0 Å². The van der Waals surface area contributed by atoms with E-state index in [1.54, 1.807) is 12.1 Å². The lowest BCUT2D eigenvalue weighted by Gasteiger charge is -2.04. The number of rotatable bonds is 4. The Balaban J connectivity index is 2.54. The molecule has 0 atom stereocenters. The van der Waals surface area contributed by atoms with E-state index in [0.29, 0.717) is 12.4 Å². The fraction of sp³-hybridized carbons (Fsp3) is 0.300. The molecule has 0 amide bonds. The van der Waals surface area contributed by atoms with Crippen LogP contribution in [0.1, 0.15) is 13.3 Å². The summed E-state index contributed by atoms with van der Waals surface area (Å²) < 4.78 is 9.62. The van der Waals surface area contributed by atoms with Crippen molar-refractivity contribution in [3.63, 3.8) is 0 Å². The molecular weight excluding hydrogens is 184 g/mol. The van der Waals surface area contributed by atoms with Gasteiger partial charge >= 0.3 is 6.16 Å². The van der Waals surface area contributed by atoms with Crippen LogP contribution in [0.4, 0.5) is 4.79 Å². The highest BCUT2D eigenvalue weighted by atomic mass is 16.7. The summed E-state index contributed by atoms with van der Waals surface area (Å²) in [6.07, 6.45) is -0.635. The molecule has 0 saturated carbocycles. The average Bonchev–Trinajstić information content (AvgIpc) is 2.16. The van der Waals surface area contributed by atoms with Crippen LogP contribution in [0.25, 0.3) is 0 Å². The molecule has 4 nitrogen and oxygen atoms in total. The second-order valence-corrected chi connectivity index (χ2v) is 2.67. The third-order valence-electron chi connectivity index (χ3n) is 1.50. The zero-order chi connectivity index (χ0) is 10.4. The molecule has 1 aromatic rings. The maximum Gasteiger partial charge on any atom is 0.555 e. The molecule has 4 heteroatoms. The molecule has 0 aliphatic rings. The summed E-state index contributed by atoms with van der Waals surface area (Å²) in [7, 11) is 0. The zero-order valence-corrected chi connectivity index (χ0v) is 7.86. The van der Waals surface area contributed by atoms with Gasteiger partial charge in [0.15, 0.2) is 0 Å². The summed E-state index contributed by atoms with van der Waals surface area (Å²) >= 11 is 0. The van der Waals surface area contributed by atoms with Crippen molar-refractivity contribution >= 4 is 6.16 Å². The highest BCUT2D eigenvalue weighted by Gasteiger charge is 2.02. The van der Waals surface area contributed by atoms with Gasteiger partial charge in [-0.15, -0.1) is 0 Å². The fourth-order valence-corrected chi connectivity index (χ4v) is 0.920. The van der Waals surface area contributed by atoms with Crippen molar-refractivity contribution in [2.24, 2.45) is 0 Å². The predicted molar refractivity (Wildman–Crippen MR) is 48.9 cm³/mol. The summed E-state index contributed by atoms with van der Waals surface area (Å²) in [6, 6.07) is 6.32. The third kappa shape index (κ3) is 3.35. The molecule has 0 saturated heterocycles. The van der Waals surface area contributed by atoms with E-state index in [0.717, 1.165) is 6.42 Å². The normalized spacial score (nSPS) is 9.50. The van der Waals surface area contributed by atoms with E-state index in [1.807, 2.05) is 6.92 Å². The molecule has 0 aromatic heterocycles. The van der Waals surface area contributed by atoms with Crippen LogP contribution in [0.3, 0.4) is 0 Å². The lowest BCUT2D eigenvalue weighted by atomic mass is 10.3. The first-order valence-electron chi connectivity index (χ1n) is 4.34. The van der Waals surface area contributed by atoms with Crippen molar-refractivity contribution in [2.45, 2.75) is 13.3 Å². The zero-order valence-electron chi connectivity index (χ0n) is 7.86. The monoisotopic (exact) mass is 195 g/mol. The fourth-order valence-electron chi connectivity index (χ4n) is 0.920. The van der Waals surface area contributed by atoms with E-state index in [9.17, 15) is 9.90 Å². The molecule has 14 heavy (non-hydrogen) atoms. The standard InChI is InChI=1S/C10H11O4/c1-2-7-13-8-3-5-9(6-4-8)14-10(11)12/h3-6H,2,7H2,1H3. The largest absolute Gasteiger partial charge is 0.555 e. The average molecular weight is 195 g/mol. The molecular formula is C10H11O4. The van der Waals surface area contributed by atoms with E-state index in [2.05, 4.69) is 4.74 Å². The highest BCUT2D eigenvalue weighted by molar-refractivity contribution is 5.60. The number of benzene rings is 1. The van der Waals surface area contributed by atoms with Gasteiger partial charge in [0.25, 0.3) is 0 Å². The molecule has 0 aliphatic heterocycles. The third-order valence-corrected chi connectivity index (χ3v) is 1.50. The minimum Gasteiger partial charge on any atom is -0.494 e. The van der Waals surface area contributed by atoms with Gasteiger partial charge in [0.2, 0.25) is 0 Å². The Bertz CT molecular complexity index is 291. The molecule has 0 unspecified atom stereocenters. The van der Waals surface area contributed by atoms with Gasteiger partial charge in [0.05, 0.1) is 6.61 Å². The van der Waals surface area contributed by atoms with Gasteiger partial charge in [-0.2, -0.15) is 9.90 Å². The number of ether oxygens (including phenoxy) is 2. The van der Waals surface area contributed by atoms with Gasteiger partial charge in [0.1, 0.15) is 11.5 Å². The van der Waals surface area contributed by atoms with Crippen molar-refractivity contribution in [3.8, 4) is 11.5 Å². The first-order chi connectivity index (χ1) is 6.72. The van der Waals surface area contributed by atoms with E-state index in [1.165, 1.54) is 12.1 Å². The lowest BCUT2D eigenvalue weighted by Crippen LogP contribution is -2.01. The van der Waals surface area contributed by atoms with Crippen LogP contribution in [0, 0.1) is 0 Å². The Labute approximate surface area is 82.1 Å². The molecule has 0 N–H and O–H groups in total. The van der Waals surface area contributed by atoms with Gasteiger partial charge in [0, 0.05) is 0 Å². The summed E-state index contributed by atoms with van der Waals surface area (Å²) in [4.78, 5) is 10.1. The minimum absolute atomic E-state index is 0.230. The Morgan fingerprint density at radius 2 is 1.79 bits per heavy atom. The second kappa shape index (κ2) is 5.11. The van der Waals surface area contributed by atoms with Crippen molar-refractivity contribution in [1.82, 2.24) is 0 Å². The molecule has 0 spiro atoms. The summed E-state index contributed by atoms with van der Waals surface area (Å²) in [6.45, 7) is 2.65. The summed E-state index contributed by atoms with van der Waals surface area (Å²) in [5.41, 5.74) is 0. The van der Waals surface area contributed by atoms with Gasteiger partial charge in [-0.05, 0) is 30.7 Å². The van der Waals surface area contributed by atoms with Crippen LogP contribution >= 0.6 is 0 Å². The van der Waals surface area contributed by atoms with Gasteiger partial charge in [-0.3, -0.25) is 0 Å². The molecule has 0 bridgehead atoms. The lowest BCUT2D eigenvalue weighted by molar-refractivity contribution is 0.117. The van der Waals surface area contributed by atoms with Crippen LogP contribution in [0.15, 0.2) is 24.3 Å². The second-order valence-electron chi connectivity index (χ2n) is 2.67. The quantitative estimate of drug-likeness (QED) is 0.547. The number of carbonyl (C=O) groups is 1. The molecule has 0 aliphatic carbocycles. The van der Waals surface area contributed by atoms with Crippen LogP contribution in [0.5, 0.6) is 11.5 Å². The summed E-state index contributed by atoms with van der Waals surface area (Å²) in [5.74, 6) is 0.923. The molecule has 0 heterocycles. The number of hydrogen-bond donors (Lipinski definition) is 0. The molecule has 0 fully saturated rings. The Morgan fingerprint density at radius 1 is 1.21 bits per heavy atom. The molecule has 1 radical (unpaired) electrons. The van der Waals surface area contributed by atoms with Gasteiger partial charge in [-0.25, -0.2) is 0 Å². The van der Waals surface area contributed by atoms with E-state index < -0.39 is 6.16 Å². The maximum absolute atomic E-state index is 10.1. The predicted octanol–water partition coefficient (Wildman–Crippen LogP) is 2.40. The van der Waals surface area contributed by atoms with Gasteiger partial charge < -0.3 is 9.47 Å². The van der Waals surface area contributed by atoms with Crippen molar-refractivity contribution in [3.05, 3.63) is 24.3 Å². The molecule has 1 aromatic carbocycles. The van der Waals surface area contributed by atoms with Crippen LogP contribution in [-0.2, 0) is 5.11 Å². The number of carbonyl (C=O) groups excluding carboxylic acids is 1. The van der Waals surface area contributed by atoms with E-state index in [-0.39, 0.29) is 5.75 Å². The SMILES string of the molecule is CCCOc1ccc(OC([O])=O)cc1. The van der Waals surface area contributed by atoms with Gasteiger partial charge in [-0.1, -0.05) is 6.92 Å². The first kappa shape index (κ1) is 10.4. The van der Waals surface area contributed by atoms with Crippen LogP contribution in [-0.4, -0.2) is 12.8 Å². The highest BCUT2D eigenvalue weighted by Crippen LogP contribution is 2.17. The number of hydrogen-bond acceptors (Lipinski definition) is 3. The van der Waals surface area contributed by atoms with Crippen LogP contribution < -0.4 is 9.47 Å². The maximum atomic E-state index is 10.1. The molecule has 75 valence electrons. The van der Waals surface area contributed by atoms with Crippen molar-refractivity contribution in [1.29, 1.82) is 0 Å². The minimum atomic E-state index is -1.56. The summed E-state index contributed by atoms with van der Waals surface area (Å²) in [5, 5.41) is 10.1. The Hall–Kier alpha value is -1.71. The van der Waals surface area contributed by atoms with E-state index in [4.69, 9.17) is 4.74 Å². The Morgan fingerprint density at radius 3 is 2.29 bits per heavy atom. The molecule has 1 rings (SSSR count). The smallest absolute Gasteiger partial charge is 0.494 e. The topological polar surface area (TPSA) is 55.4 Å².